The van der Waals surface area contributed by atoms with Crippen molar-refractivity contribution in [2.75, 3.05) is 13.2 Å². The summed E-state index contributed by atoms with van der Waals surface area (Å²) in [6.45, 7) is 6.21. The van der Waals surface area contributed by atoms with Gasteiger partial charge in [-0.15, -0.1) is 0 Å². The van der Waals surface area contributed by atoms with Crippen LogP contribution in [0, 0.1) is 0 Å². The van der Waals surface area contributed by atoms with Crippen LogP contribution < -0.4 is 4.74 Å². The first-order valence-corrected chi connectivity index (χ1v) is 18.5. The standard InChI is InChI=1S/C41H46O19/c1-21(42)50-19-32-34(52-23(3)44)36(53-24(4)45)39(56-27(7)48)41(59-32)60-35-33(20-51-22(2)43)58-40(38(55-26(6)47)37(35)54-25(5)46)57-30-16-14-29(15-17-30)31(49)18-13-28-11-9-8-10-12-28/h8-18,32-41H,19-20H2,1-7H3/b18-13+/t32-,33-,34-,35-,36+,37+,38-,39-,40-,41+/m1/s1. The van der Waals surface area contributed by atoms with E-state index in [0.29, 0.717) is 5.56 Å². The fraction of sp³-hybridized carbons (Fsp3) is 0.463. The van der Waals surface area contributed by atoms with Crippen molar-refractivity contribution in [3.63, 3.8) is 0 Å². The van der Waals surface area contributed by atoms with Gasteiger partial charge in [0.15, 0.2) is 36.5 Å². The molecule has 2 saturated heterocycles. The smallest absolute Gasteiger partial charge is 0.303 e. The number of esters is 7. The molecule has 0 bridgehead atoms. The molecule has 0 unspecified atom stereocenters. The molecule has 0 saturated carbocycles. The average molecular weight is 843 g/mol. The number of carbonyl (C=O) groups is 8. The maximum atomic E-state index is 12.9. The van der Waals surface area contributed by atoms with E-state index in [0.717, 1.165) is 54.0 Å². The Kier molecular flexibility index (Phi) is 16.8. The summed E-state index contributed by atoms with van der Waals surface area (Å²) < 4.78 is 62.9. The first-order chi connectivity index (χ1) is 28.4. The second-order valence-electron chi connectivity index (χ2n) is 13.4. The van der Waals surface area contributed by atoms with Crippen molar-refractivity contribution >= 4 is 53.6 Å². The van der Waals surface area contributed by atoms with E-state index in [4.69, 9.17) is 52.1 Å². The third kappa shape index (κ3) is 13.7. The van der Waals surface area contributed by atoms with Gasteiger partial charge < -0.3 is 52.1 Å². The Labute approximate surface area is 344 Å². The summed E-state index contributed by atoms with van der Waals surface area (Å²) in [7, 11) is 0. The van der Waals surface area contributed by atoms with Gasteiger partial charge in [0.2, 0.25) is 12.4 Å². The van der Waals surface area contributed by atoms with Crippen molar-refractivity contribution < 1.29 is 90.5 Å². The molecule has 2 aliphatic heterocycles. The molecular weight excluding hydrogens is 796 g/mol. The highest BCUT2D eigenvalue weighted by atomic mass is 16.8. The van der Waals surface area contributed by atoms with Crippen molar-refractivity contribution in [2.24, 2.45) is 0 Å². The highest BCUT2D eigenvalue weighted by Crippen LogP contribution is 2.36. The topological polar surface area (TPSA) is 238 Å². The molecule has 0 aliphatic carbocycles. The number of rotatable bonds is 16. The normalized spacial score (nSPS) is 26.1. The maximum Gasteiger partial charge on any atom is 0.303 e. The third-order valence-corrected chi connectivity index (χ3v) is 8.50. The minimum absolute atomic E-state index is 0.104. The molecule has 2 aromatic rings. The van der Waals surface area contributed by atoms with Gasteiger partial charge in [-0.3, -0.25) is 38.4 Å². The fourth-order valence-electron chi connectivity index (χ4n) is 6.23. The molecule has 0 N–H and O–H groups in total. The lowest BCUT2D eigenvalue weighted by molar-refractivity contribution is -0.354. The van der Waals surface area contributed by atoms with Crippen LogP contribution in [-0.4, -0.2) is 122 Å². The predicted molar refractivity (Wildman–Crippen MR) is 200 cm³/mol. The highest BCUT2D eigenvalue weighted by Gasteiger charge is 2.58. The van der Waals surface area contributed by atoms with Gasteiger partial charge in [0, 0.05) is 54.0 Å². The van der Waals surface area contributed by atoms with Crippen LogP contribution in [0.3, 0.4) is 0 Å². The van der Waals surface area contributed by atoms with Gasteiger partial charge in [-0.05, 0) is 35.9 Å². The molecule has 0 spiro atoms. The van der Waals surface area contributed by atoms with E-state index < -0.39 is 116 Å². The summed E-state index contributed by atoms with van der Waals surface area (Å²) in [5.41, 5.74) is 1.12. The summed E-state index contributed by atoms with van der Waals surface area (Å²) in [4.78, 5) is 99.3. The quantitative estimate of drug-likeness (QED) is 0.102. The summed E-state index contributed by atoms with van der Waals surface area (Å²) in [5.74, 6) is -6.26. The van der Waals surface area contributed by atoms with E-state index in [-0.39, 0.29) is 11.5 Å². The molecule has 19 heteroatoms. The third-order valence-electron chi connectivity index (χ3n) is 8.50. The van der Waals surface area contributed by atoms with Crippen molar-refractivity contribution in [2.45, 2.75) is 110 Å². The van der Waals surface area contributed by atoms with Crippen LogP contribution in [-0.2, 0) is 80.9 Å². The summed E-state index contributed by atoms with van der Waals surface area (Å²) in [5, 5.41) is 0. The summed E-state index contributed by atoms with van der Waals surface area (Å²) in [6.07, 6.45) is -13.1. The van der Waals surface area contributed by atoms with Crippen molar-refractivity contribution in [3.8, 4) is 5.75 Å². The number of ketones is 1. The Morgan fingerprint density at radius 1 is 0.500 bits per heavy atom. The Morgan fingerprint density at radius 3 is 1.43 bits per heavy atom. The molecule has 0 aromatic heterocycles. The van der Waals surface area contributed by atoms with E-state index in [1.807, 2.05) is 30.3 Å². The van der Waals surface area contributed by atoms with Crippen molar-refractivity contribution in [1.29, 1.82) is 0 Å². The molecule has 2 aromatic carbocycles. The van der Waals surface area contributed by atoms with Crippen LogP contribution >= 0.6 is 0 Å². The van der Waals surface area contributed by atoms with E-state index in [1.54, 1.807) is 6.08 Å². The van der Waals surface area contributed by atoms with E-state index in [1.165, 1.54) is 30.3 Å². The monoisotopic (exact) mass is 842 g/mol. The minimum Gasteiger partial charge on any atom is -0.463 e. The summed E-state index contributed by atoms with van der Waals surface area (Å²) in [6, 6.07) is 15.0. The van der Waals surface area contributed by atoms with Crippen LogP contribution in [0.5, 0.6) is 5.75 Å². The predicted octanol–water partition coefficient (Wildman–Crippen LogP) is 2.58. The number of hydrogen-bond acceptors (Lipinski definition) is 19. The van der Waals surface area contributed by atoms with Gasteiger partial charge in [-0.2, -0.15) is 0 Å². The SMILES string of the molecule is CC(=O)OC[C@H]1O[C@@H](O[C@H]2[C@H](OC(C)=O)[C@@H](OC(C)=O)[C@H](Oc3ccc(C(=O)/C=C/c4ccccc4)cc3)O[C@@H]2COC(C)=O)[C@H](OC(C)=O)[C@@H](OC(C)=O)[C@@H]1OC(C)=O. The van der Waals surface area contributed by atoms with Crippen LogP contribution in [0.1, 0.15) is 64.4 Å². The van der Waals surface area contributed by atoms with Crippen molar-refractivity contribution in [3.05, 3.63) is 71.8 Å². The molecule has 324 valence electrons. The Hall–Kier alpha value is -6.18. The first kappa shape index (κ1) is 46.5. The van der Waals surface area contributed by atoms with Crippen molar-refractivity contribution in [1.82, 2.24) is 0 Å². The maximum absolute atomic E-state index is 12.9. The van der Waals surface area contributed by atoms with Crippen LogP contribution in [0.15, 0.2) is 60.7 Å². The highest BCUT2D eigenvalue weighted by molar-refractivity contribution is 6.06. The largest absolute Gasteiger partial charge is 0.463 e. The molecule has 2 fully saturated rings. The zero-order valence-electron chi connectivity index (χ0n) is 33.8. The van der Waals surface area contributed by atoms with E-state index in [2.05, 4.69) is 0 Å². The number of ether oxygens (including phenoxy) is 11. The lowest BCUT2D eigenvalue weighted by atomic mass is 9.96. The lowest BCUT2D eigenvalue weighted by Gasteiger charge is -2.48. The van der Waals surface area contributed by atoms with E-state index in [9.17, 15) is 38.4 Å². The molecule has 0 radical (unpaired) electrons. The van der Waals surface area contributed by atoms with Gasteiger partial charge >= 0.3 is 41.8 Å². The second-order valence-corrected chi connectivity index (χ2v) is 13.4. The molecule has 0 amide bonds. The minimum atomic E-state index is -1.84. The second kappa shape index (κ2) is 21.7. The lowest BCUT2D eigenvalue weighted by Crippen LogP contribution is -2.67. The number of allylic oxidation sites excluding steroid dienone is 1. The molecule has 2 aliphatic rings. The number of hydrogen-bond donors (Lipinski definition) is 0. The zero-order valence-corrected chi connectivity index (χ0v) is 33.8. The fourth-order valence-corrected chi connectivity index (χ4v) is 6.23. The molecule has 4 rings (SSSR count). The van der Waals surface area contributed by atoms with Gasteiger partial charge in [0.1, 0.15) is 37.3 Å². The molecule has 10 atom stereocenters. The zero-order chi connectivity index (χ0) is 44.1. The Morgan fingerprint density at radius 2 is 0.933 bits per heavy atom. The molecule has 19 nitrogen and oxygen atoms in total. The van der Waals surface area contributed by atoms with Gasteiger partial charge in [0.25, 0.3) is 0 Å². The van der Waals surface area contributed by atoms with E-state index >= 15 is 0 Å². The molecular formula is C41H46O19. The first-order valence-electron chi connectivity index (χ1n) is 18.5. The average Bonchev–Trinajstić information content (AvgIpc) is 3.16. The molecule has 60 heavy (non-hydrogen) atoms. The van der Waals surface area contributed by atoms with Gasteiger partial charge in [0.05, 0.1) is 0 Å². The number of carbonyl (C=O) groups excluding carboxylic acids is 8. The summed E-state index contributed by atoms with van der Waals surface area (Å²) >= 11 is 0. The van der Waals surface area contributed by atoms with Crippen LogP contribution in [0.4, 0.5) is 0 Å². The Bertz CT molecular complexity index is 1890. The van der Waals surface area contributed by atoms with Gasteiger partial charge in [-0.1, -0.05) is 36.4 Å². The van der Waals surface area contributed by atoms with Gasteiger partial charge in [-0.25, -0.2) is 0 Å². The number of benzene rings is 2. The molecule has 2 heterocycles. The van der Waals surface area contributed by atoms with Crippen LogP contribution in [0.25, 0.3) is 6.08 Å². The van der Waals surface area contributed by atoms with Crippen LogP contribution in [0.2, 0.25) is 0 Å². The Balaban J connectivity index is 1.75.